The number of aromatic nitrogens is 2. The molecule has 3 nitrogen and oxygen atoms in total. The number of hydrogen-bond donors (Lipinski definition) is 1. The second-order valence-electron chi connectivity index (χ2n) is 5.19. The van der Waals surface area contributed by atoms with E-state index in [1.807, 2.05) is 42.7 Å². The third kappa shape index (κ3) is 2.32. The van der Waals surface area contributed by atoms with E-state index < -0.39 is 0 Å². The Labute approximate surface area is 123 Å². The van der Waals surface area contributed by atoms with Crippen LogP contribution in [0.15, 0.2) is 36.4 Å². The van der Waals surface area contributed by atoms with E-state index >= 15 is 0 Å². The number of halogens is 1. The molecule has 2 N–H and O–H groups in total. The first-order chi connectivity index (χ1) is 10.1. The molecule has 1 heterocycles. The normalized spacial score (nSPS) is 11.2. The highest BCUT2D eigenvalue weighted by atomic mass is 19.1. The van der Waals surface area contributed by atoms with Crippen molar-refractivity contribution in [3.63, 3.8) is 0 Å². The van der Waals surface area contributed by atoms with E-state index in [1.165, 1.54) is 6.07 Å². The summed E-state index contributed by atoms with van der Waals surface area (Å²) in [4.78, 5) is 4.63. The molecule has 0 fully saturated rings. The molecule has 0 aliphatic rings. The molecule has 3 rings (SSSR count). The Morgan fingerprint density at radius 1 is 1.19 bits per heavy atom. The number of fused-ring (bicyclic) bond motifs is 1. The van der Waals surface area contributed by atoms with E-state index in [-0.39, 0.29) is 5.82 Å². The molecular formula is C17H18FN3. The topological polar surface area (TPSA) is 43.8 Å². The summed E-state index contributed by atoms with van der Waals surface area (Å²) < 4.78 is 16.2. The predicted molar refractivity (Wildman–Crippen MR) is 83.4 cm³/mol. The molecule has 0 spiro atoms. The summed E-state index contributed by atoms with van der Waals surface area (Å²) in [5.41, 5.74) is 10.1. The second kappa shape index (κ2) is 5.30. The van der Waals surface area contributed by atoms with E-state index in [9.17, 15) is 4.39 Å². The number of aryl methyl sites for hydroxylation is 2. The van der Waals surface area contributed by atoms with Crippen molar-refractivity contribution >= 4 is 11.0 Å². The van der Waals surface area contributed by atoms with Crippen molar-refractivity contribution in [2.75, 3.05) is 0 Å². The Morgan fingerprint density at radius 3 is 2.71 bits per heavy atom. The quantitative estimate of drug-likeness (QED) is 0.797. The van der Waals surface area contributed by atoms with Crippen molar-refractivity contribution < 1.29 is 4.39 Å². The van der Waals surface area contributed by atoms with Crippen LogP contribution < -0.4 is 5.73 Å². The van der Waals surface area contributed by atoms with Gasteiger partial charge in [-0.2, -0.15) is 0 Å². The lowest BCUT2D eigenvalue weighted by molar-refractivity contribution is 0.627. The lowest BCUT2D eigenvalue weighted by Gasteiger charge is -2.08. The Balaban J connectivity index is 2.29. The molecule has 0 radical (unpaired) electrons. The third-order valence-corrected chi connectivity index (χ3v) is 3.73. The van der Waals surface area contributed by atoms with Crippen LogP contribution in [0.3, 0.4) is 0 Å². The standard InChI is InChI=1S/C17H18FN3/c1-3-21-16-7-5-12(10-19)9-15(16)20-17(21)13-8-11(2)4-6-14(13)18/h4-9H,3,10,19H2,1-2H3. The van der Waals surface area contributed by atoms with Crippen molar-refractivity contribution in [2.45, 2.75) is 26.9 Å². The first kappa shape index (κ1) is 13.8. The summed E-state index contributed by atoms with van der Waals surface area (Å²) in [5.74, 6) is 0.424. The summed E-state index contributed by atoms with van der Waals surface area (Å²) in [6.07, 6.45) is 0. The van der Waals surface area contributed by atoms with Crippen LogP contribution in [0.2, 0.25) is 0 Å². The molecule has 2 aromatic carbocycles. The zero-order valence-electron chi connectivity index (χ0n) is 12.2. The molecule has 0 bridgehead atoms. The Hall–Kier alpha value is -2.20. The zero-order valence-corrected chi connectivity index (χ0v) is 12.2. The molecule has 108 valence electrons. The van der Waals surface area contributed by atoms with E-state index in [1.54, 1.807) is 6.07 Å². The van der Waals surface area contributed by atoms with Crippen molar-refractivity contribution in [3.05, 3.63) is 53.3 Å². The van der Waals surface area contributed by atoms with E-state index in [0.29, 0.717) is 17.9 Å². The zero-order chi connectivity index (χ0) is 15.0. The van der Waals surface area contributed by atoms with Gasteiger partial charge in [0.2, 0.25) is 0 Å². The lowest BCUT2D eigenvalue weighted by Crippen LogP contribution is -1.99. The van der Waals surface area contributed by atoms with Gasteiger partial charge in [-0.3, -0.25) is 0 Å². The molecule has 0 aliphatic carbocycles. The van der Waals surface area contributed by atoms with Crippen molar-refractivity contribution in [2.24, 2.45) is 5.73 Å². The highest BCUT2D eigenvalue weighted by molar-refractivity contribution is 5.81. The lowest BCUT2D eigenvalue weighted by atomic mass is 10.1. The molecule has 0 amide bonds. The van der Waals surface area contributed by atoms with Crippen LogP contribution in [0.25, 0.3) is 22.4 Å². The Kier molecular flexibility index (Phi) is 3.47. The maximum atomic E-state index is 14.2. The van der Waals surface area contributed by atoms with E-state index in [4.69, 9.17) is 5.73 Å². The number of imidazole rings is 1. The molecule has 3 aromatic rings. The van der Waals surface area contributed by atoms with Crippen LogP contribution in [-0.4, -0.2) is 9.55 Å². The van der Waals surface area contributed by atoms with Gasteiger partial charge in [0, 0.05) is 13.1 Å². The molecule has 0 aliphatic heterocycles. The fourth-order valence-corrected chi connectivity index (χ4v) is 2.64. The highest BCUT2D eigenvalue weighted by Gasteiger charge is 2.15. The largest absolute Gasteiger partial charge is 0.326 e. The average Bonchev–Trinajstić information content (AvgIpc) is 2.86. The summed E-state index contributed by atoms with van der Waals surface area (Å²) in [6.45, 7) is 5.20. The van der Waals surface area contributed by atoms with Crippen molar-refractivity contribution in [1.82, 2.24) is 9.55 Å². The number of nitrogens with zero attached hydrogens (tertiary/aromatic N) is 2. The highest BCUT2D eigenvalue weighted by Crippen LogP contribution is 2.28. The van der Waals surface area contributed by atoms with Gasteiger partial charge in [0.05, 0.1) is 16.6 Å². The van der Waals surface area contributed by atoms with Crippen LogP contribution in [0.5, 0.6) is 0 Å². The van der Waals surface area contributed by atoms with Gasteiger partial charge in [-0.1, -0.05) is 17.7 Å². The van der Waals surface area contributed by atoms with Gasteiger partial charge in [-0.05, 0) is 43.7 Å². The van der Waals surface area contributed by atoms with E-state index in [0.717, 1.165) is 28.7 Å². The van der Waals surface area contributed by atoms with Crippen LogP contribution in [-0.2, 0) is 13.1 Å². The SMILES string of the molecule is CCn1c(-c2cc(C)ccc2F)nc2cc(CN)ccc21. The van der Waals surface area contributed by atoms with Crippen molar-refractivity contribution in [3.8, 4) is 11.4 Å². The predicted octanol–water partition coefficient (Wildman–Crippen LogP) is 3.63. The molecule has 0 unspecified atom stereocenters. The van der Waals surface area contributed by atoms with Crippen LogP contribution >= 0.6 is 0 Å². The van der Waals surface area contributed by atoms with Gasteiger partial charge in [0.15, 0.2) is 0 Å². The number of nitrogens with two attached hydrogens (primary N) is 1. The fourth-order valence-electron chi connectivity index (χ4n) is 2.64. The minimum absolute atomic E-state index is 0.246. The maximum absolute atomic E-state index is 14.2. The number of hydrogen-bond acceptors (Lipinski definition) is 2. The fraction of sp³-hybridized carbons (Fsp3) is 0.235. The van der Waals surface area contributed by atoms with Gasteiger partial charge in [0.1, 0.15) is 11.6 Å². The smallest absolute Gasteiger partial charge is 0.144 e. The molecule has 4 heteroatoms. The maximum Gasteiger partial charge on any atom is 0.144 e. The van der Waals surface area contributed by atoms with Crippen LogP contribution in [0.1, 0.15) is 18.1 Å². The van der Waals surface area contributed by atoms with Crippen LogP contribution in [0, 0.1) is 12.7 Å². The Bertz CT molecular complexity index is 805. The summed E-state index contributed by atoms with van der Waals surface area (Å²) in [6, 6.07) is 11.1. The Morgan fingerprint density at radius 2 is 2.00 bits per heavy atom. The third-order valence-electron chi connectivity index (χ3n) is 3.73. The van der Waals surface area contributed by atoms with Gasteiger partial charge < -0.3 is 10.3 Å². The first-order valence-corrected chi connectivity index (χ1v) is 7.09. The minimum Gasteiger partial charge on any atom is -0.326 e. The van der Waals surface area contributed by atoms with Gasteiger partial charge in [-0.15, -0.1) is 0 Å². The average molecular weight is 283 g/mol. The first-order valence-electron chi connectivity index (χ1n) is 7.09. The van der Waals surface area contributed by atoms with Gasteiger partial charge in [0.25, 0.3) is 0 Å². The summed E-state index contributed by atoms with van der Waals surface area (Å²) in [5, 5.41) is 0. The number of rotatable bonds is 3. The molecule has 21 heavy (non-hydrogen) atoms. The molecule has 0 saturated heterocycles. The van der Waals surface area contributed by atoms with Gasteiger partial charge >= 0.3 is 0 Å². The minimum atomic E-state index is -0.246. The number of benzene rings is 2. The van der Waals surface area contributed by atoms with Crippen molar-refractivity contribution in [1.29, 1.82) is 0 Å². The summed E-state index contributed by atoms with van der Waals surface area (Å²) in [7, 11) is 0. The monoisotopic (exact) mass is 283 g/mol. The molecule has 0 atom stereocenters. The van der Waals surface area contributed by atoms with Crippen LogP contribution in [0.4, 0.5) is 4.39 Å². The molecular weight excluding hydrogens is 265 g/mol. The van der Waals surface area contributed by atoms with E-state index in [2.05, 4.69) is 4.98 Å². The van der Waals surface area contributed by atoms with Gasteiger partial charge in [-0.25, -0.2) is 9.37 Å². The molecule has 1 aromatic heterocycles. The second-order valence-corrected chi connectivity index (χ2v) is 5.19. The summed E-state index contributed by atoms with van der Waals surface area (Å²) >= 11 is 0. The molecule has 0 saturated carbocycles.